The summed E-state index contributed by atoms with van der Waals surface area (Å²) < 4.78 is 12.0. The van der Waals surface area contributed by atoms with Crippen molar-refractivity contribution in [2.75, 3.05) is 0 Å². The SMILES string of the molecule is Clc1ccc2c(-c3nc4ccccc4o3)ccc(-c3nc4ccccc4o3)c2c1. The van der Waals surface area contributed by atoms with Gasteiger partial charge in [0.2, 0.25) is 11.8 Å². The minimum absolute atomic E-state index is 0.558. The summed E-state index contributed by atoms with van der Waals surface area (Å²) in [5.41, 5.74) is 4.92. The van der Waals surface area contributed by atoms with Gasteiger partial charge in [0.05, 0.1) is 0 Å². The van der Waals surface area contributed by atoms with Crippen molar-refractivity contribution in [3.63, 3.8) is 0 Å². The molecule has 0 aliphatic carbocycles. The standard InChI is InChI=1S/C24H13ClN2O2/c25-14-9-10-15-16(23-26-19-5-1-3-7-21(19)28-23)11-12-17(18(15)13-14)24-27-20-6-2-4-8-22(20)29-24/h1-13H. The highest BCUT2D eigenvalue weighted by molar-refractivity contribution is 6.31. The maximum atomic E-state index is 6.33. The van der Waals surface area contributed by atoms with Crippen LogP contribution in [0.15, 0.2) is 87.7 Å². The van der Waals surface area contributed by atoms with Crippen LogP contribution < -0.4 is 0 Å². The summed E-state index contributed by atoms with van der Waals surface area (Å²) in [6.07, 6.45) is 0. The lowest BCUT2D eigenvalue weighted by Crippen LogP contribution is -1.86. The van der Waals surface area contributed by atoms with Crippen LogP contribution in [-0.2, 0) is 0 Å². The van der Waals surface area contributed by atoms with Crippen LogP contribution in [0.3, 0.4) is 0 Å². The molecule has 0 N–H and O–H groups in total. The molecule has 4 aromatic carbocycles. The first kappa shape index (κ1) is 16.3. The number of rotatable bonds is 2. The first-order chi connectivity index (χ1) is 14.3. The average molecular weight is 397 g/mol. The Morgan fingerprint density at radius 2 is 1.14 bits per heavy atom. The molecule has 2 heterocycles. The lowest BCUT2D eigenvalue weighted by atomic mass is 9.99. The summed E-state index contributed by atoms with van der Waals surface area (Å²) in [5, 5.41) is 2.55. The van der Waals surface area contributed by atoms with Gasteiger partial charge in [-0.25, -0.2) is 9.97 Å². The Labute approximate surface area is 170 Å². The van der Waals surface area contributed by atoms with Gasteiger partial charge in [-0.3, -0.25) is 0 Å². The third-order valence-corrected chi connectivity index (χ3v) is 5.26. The maximum absolute atomic E-state index is 6.33. The zero-order valence-electron chi connectivity index (χ0n) is 15.1. The third kappa shape index (κ3) is 2.61. The van der Waals surface area contributed by atoms with Gasteiger partial charge in [0, 0.05) is 16.1 Å². The summed E-state index contributed by atoms with van der Waals surface area (Å²) in [7, 11) is 0. The fourth-order valence-corrected chi connectivity index (χ4v) is 3.84. The Morgan fingerprint density at radius 1 is 0.586 bits per heavy atom. The Balaban J connectivity index is 1.62. The molecule has 0 radical (unpaired) electrons. The fourth-order valence-electron chi connectivity index (χ4n) is 3.67. The highest BCUT2D eigenvalue weighted by Gasteiger charge is 2.17. The second-order valence-corrected chi connectivity index (χ2v) is 7.26. The van der Waals surface area contributed by atoms with E-state index in [-0.39, 0.29) is 0 Å². The van der Waals surface area contributed by atoms with Crippen molar-refractivity contribution in [2.45, 2.75) is 0 Å². The van der Waals surface area contributed by atoms with Crippen LogP contribution >= 0.6 is 11.6 Å². The minimum Gasteiger partial charge on any atom is -0.436 e. The maximum Gasteiger partial charge on any atom is 0.227 e. The zero-order valence-corrected chi connectivity index (χ0v) is 15.9. The highest BCUT2D eigenvalue weighted by Crippen LogP contribution is 2.38. The van der Waals surface area contributed by atoms with Crippen LogP contribution in [-0.4, -0.2) is 9.97 Å². The molecule has 5 heteroatoms. The van der Waals surface area contributed by atoms with Gasteiger partial charge in [0.25, 0.3) is 0 Å². The van der Waals surface area contributed by atoms with Crippen LogP contribution in [0.1, 0.15) is 0 Å². The number of nitrogens with zero attached hydrogens (tertiary/aromatic N) is 2. The second kappa shape index (κ2) is 6.19. The van der Waals surface area contributed by atoms with Gasteiger partial charge in [-0.15, -0.1) is 0 Å². The molecule has 0 spiro atoms. The largest absolute Gasteiger partial charge is 0.436 e. The molecule has 0 saturated heterocycles. The molecule has 6 aromatic rings. The molecule has 4 nitrogen and oxygen atoms in total. The molecule has 0 aliphatic heterocycles. The van der Waals surface area contributed by atoms with Crippen LogP contribution in [0.2, 0.25) is 5.02 Å². The summed E-state index contributed by atoms with van der Waals surface area (Å²) in [5.74, 6) is 1.13. The molecule has 0 fully saturated rings. The number of hydrogen-bond acceptors (Lipinski definition) is 4. The van der Waals surface area contributed by atoms with E-state index in [4.69, 9.17) is 20.4 Å². The molecule has 0 saturated carbocycles. The van der Waals surface area contributed by atoms with Gasteiger partial charge >= 0.3 is 0 Å². The molecule has 0 amide bonds. The monoisotopic (exact) mass is 396 g/mol. The van der Waals surface area contributed by atoms with Gasteiger partial charge in [0.15, 0.2) is 11.2 Å². The molecule has 138 valence electrons. The van der Waals surface area contributed by atoms with Gasteiger partial charge in [-0.05, 0) is 59.3 Å². The van der Waals surface area contributed by atoms with Crippen LogP contribution in [0.4, 0.5) is 0 Å². The predicted molar refractivity (Wildman–Crippen MR) is 115 cm³/mol. The van der Waals surface area contributed by atoms with Crippen molar-refractivity contribution in [1.82, 2.24) is 9.97 Å². The Hall–Kier alpha value is -3.63. The number of aromatic nitrogens is 2. The lowest BCUT2D eigenvalue weighted by Gasteiger charge is -2.08. The van der Waals surface area contributed by atoms with Crippen molar-refractivity contribution >= 4 is 44.6 Å². The van der Waals surface area contributed by atoms with Gasteiger partial charge < -0.3 is 8.83 Å². The lowest BCUT2D eigenvalue weighted by molar-refractivity contribution is 0.619. The van der Waals surface area contributed by atoms with Gasteiger partial charge in [-0.1, -0.05) is 41.9 Å². The van der Waals surface area contributed by atoms with Crippen molar-refractivity contribution in [1.29, 1.82) is 0 Å². The molecule has 0 unspecified atom stereocenters. The number of fused-ring (bicyclic) bond motifs is 3. The van der Waals surface area contributed by atoms with Crippen LogP contribution in [0.5, 0.6) is 0 Å². The molecular formula is C24H13ClN2O2. The first-order valence-corrected chi connectivity index (χ1v) is 9.58. The molecule has 2 aromatic heterocycles. The summed E-state index contributed by atoms with van der Waals surface area (Å²) in [6.45, 7) is 0. The number of benzene rings is 4. The van der Waals surface area contributed by atoms with E-state index in [1.54, 1.807) is 0 Å². The van der Waals surface area contributed by atoms with Gasteiger partial charge in [-0.2, -0.15) is 0 Å². The zero-order chi connectivity index (χ0) is 19.4. The van der Waals surface area contributed by atoms with Crippen molar-refractivity contribution in [3.8, 4) is 22.9 Å². The fraction of sp³-hybridized carbons (Fsp3) is 0. The van der Waals surface area contributed by atoms with Gasteiger partial charge in [0.1, 0.15) is 11.0 Å². The average Bonchev–Trinajstić information content (AvgIpc) is 3.36. The predicted octanol–water partition coefficient (Wildman–Crippen LogP) is 7.11. The minimum atomic E-state index is 0.558. The van der Waals surface area contributed by atoms with E-state index in [1.807, 2.05) is 78.9 Å². The first-order valence-electron chi connectivity index (χ1n) is 9.20. The molecule has 29 heavy (non-hydrogen) atoms. The molecule has 0 atom stereocenters. The Morgan fingerprint density at radius 3 is 1.72 bits per heavy atom. The molecular weight excluding hydrogens is 384 g/mol. The van der Waals surface area contributed by atoms with E-state index in [2.05, 4.69) is 9.97 Å². The molecule has 0 aliphatic rings. The number of oxazole rings is 2. The van der Waals surface area contributed by atoms with E-state index >= 15 is 0 Å². The second-order valence-electron chi connectivity index (χ2n) is 6.82. The van der Waals surface area contributed by atoms with Crippen LogP contribution in [0, 0.1) is 0 Å². The quantitative estimate of drug-likeness (QED) is 0.313. The summed E-state index contributed by atoms with van der Waals surface area (Å²) in [4.78, 5) is 9.31. The normalized spacial score (nSPS) is 11.6. The van der Waals surface area contributed by atoms with E-state index < -0.39 is 0 Å². The molecule has 6 rings (SSSR count). The number of para-hydroxylation sites is 4. The van der Waals surface area contributed by atoms with E-state index in [0.29, 0.717) is 16.8 Å². The summed E-state index contributed by atoms with van der Waals surface area (Å²) >= 11 is 6.33. The van der Waals surface area contributed by atoms with Crippen molar-refractivity contribution < 1.29 is 8.83 Å². The van der Waals surface area contributed by atoms with E-state index in [9.17, 15) is 0 Å². The smallest absolute Gasteiger partial charge is 0.227 e. The molecule has 0 bridgehead atoms. The van der Waals surface area contributed by atoms with E-state index in [0.717, 1.165) is 44.1 Å². The number of halogens is 1. The van der Waals surface area contributed by atoms with Crippen molar-refractivity contribution in [2.24, 2.45) is 0 Å². The van der Waals surface area contributed by atoms with Crippen molar-refractivity contribution in [3.05, 3.63) is 83.9 Å². The van der Waals surface area contributed by atoms with Crippen LogP contribution in [0.25, 0.3) is 55.9 Å². The number of hydrogen-bond donors (Lipinski definition) is 0. The Bertz CT molecular complexity index is 1460. The topological polar surface area (TPSA) is 52.1 Å². The van der Waals surface area contributed by atoms with E-state index in [1.165, 1.54) is 0 Å². The highest BCUT2D eigenvalue weighted by atomic mass is 35.5. The Kier molecular flexibility index (Phi) is 3.49. The third-order valence-electron chi connectivity index (χ3n) is 5.03. The summed E-state index contributed by atoms with van der Waals surface area (Å²) in [6, 6.07) is 25.2.